The second-order valence-corrected chi connectivity index (χ2v) is 8.51. The molecule has 0 atom stereocenters. The Hall–Kier alpha value is -3.48. The minimum Gasteiger partial charge on any atom is -0.457 e. The van der Waals surface area contributed by atoms with Crippen LogP contribution in [0.2, 0.25) is 0 Å². The molecule has 146 valence electrons. The van der Waals surface area contributed by atoms with Crippen molar-refractivity contribution in [2.45, 2.75) is 0 Å². The lowest BCUT2D eigenvalue weighted by Gasteiger charge is -2.07. The Kier molecular flexibility index (Phi) is 5.01. The number of fused-ring (bicyclic) bond motifs is 1. The Morgan fingerprint density at radius 2 is 1.60 bits per heavy atom. The molecule has 0 aliphatic heterocycles. The third-order valence-corrected chi connectivity index (χ3v) is 6.52. The summed E-state index contributed by atoms with van der Waals surface area (Å²) in [6.07, 6.45) is 1.63. The molecule has 30 heavy (non-hydrogen) atoms. The van der Waals surface area contributed by atoms with E-state index in [2.05, 4.69) is 27.8 Å². The highest BCUT2D eigenvalue weighted by Crippen LogP contribution is 2.36. The molecule has 6 heteroatoms. The van der Waals surface area contributed by atoms with Crippen LogP contribution in [0.15, 0.2) is 90.4 Å². The highest BCUT2D eigenvalue weighted by Gasteiger charge is 2.14. The molecule has 0 aliphatic carbocycles. The average molecular weight is 429 g/mol. The van der Waals surface area contributed by atoms with E-state index in [1.807, 2.05) is 66.7 Å². The smallest absolute Gasteiger partial charge is 0.267 e. The number of anilines is 1. The van der Waals surface area contributed by atoms with Crippen molar-refractivity contribution >= 4 is 44.4 Å². The van der Waals surface area contributed by atoms with Gasteiger partial charge in [-0.1, -0.05) is 36.4 Å². The third-order valence-electron chi connectivity index (χ3n) is 4.53. The number of rotatable bonds is 5. The molecule has 0 fully saturated rings. The molecular formula is C24H16N2O2S2. The number of carbonyl (C=O) groups is 1. The van der Waals surface area contributed by atoms with Gasteiger partial charge in [0.25, 0.3) is 5.91 Å². The maximum atomic E-state index is 12.7. The molecule has 3 aromatic carbocycles. The number of nitrogens with zero attached hydrogens (tertiary/aromatic N) is 1. The predicted molar refractivity (Wildman–Crippen MR) is 124 cm³/mol. The van der Waals surface area contributed by atoms with Crippen molar-refractivity contribution in [1.29, 1.82) is 0 Å². The summed E-state index contributed by atoms with van der Waals surface area (Å²) in [5.41, 5.74) is 1.78. The Labute approximate surface area is 181 Å². The van der Waals surface area contributed by atoms with Crippen LogP contribution in [0, 0.1) is 0 Å². The summed E-state index contributed by atoms with van der Waals surface area (Å²) in [4.78, 5) is 17.7. The summed E-state index contributed by atoms with van der Waals surface area (Å²) >= 11 is 3.08. The number of para-hydroxylation sites is 1. The number of thiophene rings is 1. The van der Waals surface area contributed by atoms with Crippen LogP contribution in [-0.2, 0) is 0 Å². The molecule has 0 aliphatic rings. The number of nitrogens with one attached hydrogen (secondary N) is 1. The third kappa shape index (κ3) is 3.83. The van der Waals surface area contributed by atoms with Crippen LogP contribution < -0.4 is 10.1 Å². The molecular weight excluding hydrogens is 412 g/mol. The van der Waals surface area contributed by atoms with Gasteiger partial charge in [0.2, 0.25) is 0 Å². The molecule has 2 aromatic heterocycles. The molecule has 0 radical (unpaired) electrons. The summed E-state index contributed by atoms with van der Waals surface area (Å²) < 4.78 is 7.00. The standard InChI is InChI=1S/C24H16N2O2S2/c27-23(26-16-10-12-18(13-11-16)28-17-6-2-1-3-7-17)22-14-25-24(30-22)20-15-29-21-9-5-4-8-19(20)21/h1-15H,(H,26,27). The van der Waals surface area contributed by atoms with Crippen molar-refractivity contribution in [2.24, 2.45) is 0 Å². The molecule has 0 spiro atoms. The van der Waals surface area contributed by atoms with Gasteiger partial charge in [0, 0.05) is 26.7 Å². The van der Waals surface area contributed by atoms with Gasteiger partial charge in [-0.15, -0.1) is 22.7 Å². The van der Waals surface area contributed by atoms with Crippen molar-refractivity contribution in [1.82, 2.24) is 4.98 Å². The van der Waals surface area contributed by atoms with Crippen LogP contribution in [0.25, 0.3) is 20.7 Å². The Morgan fingerprint density at radius 3 is 2.43 bits per heavy atom. The molecule has 0 unspecified atom stereocenters. The summed E-state index contributed by atoms with van der Waals surface area (Å²) in [6.45, 7) is 0. The van der Waals surface area contributed by atoms with E-state index in [0.29, 0.717) is 16.3 Å². The van der Waals surface area contributed by atoms with E-state index < -0.39 is 0 Å². The number of thiazole rings is 1. The number of hydrogen-bond donors (Lipinski definition) is 1. The zero-order chi connectivity index (χ0) is 20.3. The minimum atomic E-state index is -0.171. The molecule has 2 heterocycles. The van der Waals surface area contributed by atoms with Gasteiger partial charge in [0.05, 0.1) is 6.20 Å². The Balaban J connectivity index is 1.29. The second-order valence-electron chi connectivity index (χ2n) is 6.57. The van der Waals surface area contributed by atoms with Crippen molar-refractivity contribution in [3.8, 4) is 22.1 Å². The topological polar surface area (TPSA) is 51.2 Å². The predicted octanol–water partition coefficient (Wildman–Crippen LogP) is 7.07. The van der Waals surface area contributed by atoms with E-state index in [1.165, 1.54) is 16.0 Å². The normalized spacial score (nSPS) is 10.8. The number of hydrogen-bond acceptors (Lipinski definition) is 5. The van der Waals surface area contributed by atoms with Gasteiger partial charge in [-0.3, -0.25) is 4.79 Å². The average Bonchev–Trinajstić information content (AvgIpc) is 3.43. The van der Waals surface area contributed by atoms with E-state index >= 15 is 0 Å². The first kappa shape index (κ1) is 18.5. The molecule has 0 bridgehead atoms. The maximum Gasteiger partial charge on any atom is 0.267 e. The first-order chi connectivity index (χ1) is 14.8. The molecule has 1 N–H and O–H groups in total. The van der Waals surface area contributed by atoms with Crippen LogP contribution >= 0.6 is 22.7 Å². The van der Waals surface area contributed by atoms with Gasteiger partial charge in [0.1, 0.15) is 21.4 Å². The lowest BCUT2D eigenvalue weighted by atomic mass is 10.2. The van der Waals surface area contributed by atoms with E-state index in [1.54, 1.807) is 17.5 Å². The fraction of sp³-hybridized carbons (Fsp3) is 0. The van der Waals surface area contributed by atoms with Crippen molar-refractivity contribution in [3.63, 3.8) is 0 Å². The highest BCUT2D eigenvalue weighted by molar-refractivity contribution is 7.20. The number of aromatic nitrogens is 1. The lowest BCUT2D eigenvalue weighted by molar-refractivity contribution is 0.103. The summed E-state index contributed by atoms with van der Waals surface area (Å²) in [5.74, 6) is 1.31. The van der Waals surface area contributed by atoms with Gasteiger partial charge in [-0.05, 0) is 42.5 Å². The molecule has 1 amide bonds. The first-order valence-corrected chi connectivity index (χ1v) is 11.0. The van der Waals surface area contributed by atoms with E-state index in [4.69, 9.17) is 4.74 Å². The number of amides is 1. The molecule has 0 saturated heterocycles. The van der Waals surface area contributed by atoms with E-state index in [0.717, 1.165) is 21.7 Å². The SMILES string of the molecule is O=C(Nc1ccc(Oc2ccccc2)cc1)c1cnc(-c2csc3ccccc23)s1. The van der Waals surface area contributed by atoms with Gasteiger partial charge < -0.3 is 10.1 Å². The van der Waals surface area contributed by atoms with E-state index in [-0.39, 0.29) is 5.91 Å². The quantitative estimate of drug-likeness (QED) is 0.326. The molecule has 4 nitrogen and oxygen atoms in total. The number of ether oxygens (including phenoxy) is 1. The Morgan fingerprint density at radius 1 is 0.867 bits per heavy atom. The maximum absolute atomic E-state index is 12.7. The lowest BCUT2D eigenvalue weighted by Crippen LogP contribution is -2.09. The fourth-order valence-electron chi connectivity index (χ4n) is 3.07. The van der Waals surface area contributed by atoms with Crippen LogP contribution in [0.1, 0.15) is 9.67 Å². The molecule has 5 rings (SSSR count). The van der Waals surface area contributed by atoms with Gasteiger partial charge in [-0.2, -0.15) is 0 Å². The van der Waals surface area contributed by atoms with Crippen molar-refractivity contribution in [2.75, 3.05) is 5.32 Å². The zero-order valence-electron chi connectivity index (χ0n) is 15.7. The van der Waals surface area contributed by atoms with Crippen LogP contribution in [0.5, 0.6) is 11.5 Å². The largest absolute Gasteiger partial charge is 0.457 e. The van der Waals surface area contributed by atoms with E-state index in [9.17, 15) is 4.79 Å². The van der Waals surface area contributed by atoms with Crippen molar-refractivity contribution < 1.29 is 9.53 Å². The highest BCUT2D eigenvalue weighted by atomic mass is 32.1. The zero-order valence-corrected chi connectivity index (χ0v) is 17.4. The van der Waals surface area contributed by atoms with Crippen LogP contribution in [0.4, 0.5) is 5.69 Å². The molecule has 0 saturated carbocycles. The minimum absolute atomic E-state index is 0.171. The number of carbonyl (C=O) groups excluding carboxylic acids is 1. The fourth-order valence-corrected chi connectivity index (χ4v) is 4.93. The summed E-state index contributed by atoms with van der Waals surface area (Å²) in [5, 5.41) is 7.03. The summed E-state index contributed by atoms with van der Waals surface area (Å²) in [6, 6.07) is 25.1. The van der Waals surface area contributed by atoms with Gasteiger partial charge >= 0.3 is 0 Å². The van der Waals surface area contributed by atoms with Crippen molar-refractivity contribution in [3.05, 3.63) is 95.3 Å². The number of benzene rings is 3. The monoisotopic (exact) mass is 428 g/mol. The van der Waals surface area contributed by atoms with Gasteiger partial charge in [0.15, 0.2) is 0 Å². The molecule has 5 aromatic rings. The second kappa shape index (κ2) is 8.10. The first-order valence-electron chi connectivity index (χ1n) is 9.33. The Bertz CT molecular complexity index is 1310. The van der Waals surface area contributed by atoms with Crippen LogP contribution in [-0.4, -0.2) is 10.9 Å². The van der Waals surface area contributed by atoms with Crippen LogP contribution in [0.3, 0.4) is 0 Å². The summed E-state index contributed by atoms with van der Waals surface area (Å²) in [7, 11) is 0. The van der Waals surface area contributed by atoms with Gasteiger partial charge in [-0.25, -0.2) is 4.98 Å².